The molecule has 1 aromatic rings. The molecule has 112 valence electrons. The fourth-order valence-electron chi connectivity index (χ4n) is 2.90. The number of hydrogen-bond donors (Lipinski definition) is 1. The van der Waals surface area contributed by atoms with Gasteiger partial charge in [0.15, 0.2) is 0 Å². The van der Waals surface area contributed by atoms with Gasteiger partial charge in [0.2, 0.25) is 0 Å². The average Bonchev–Trinajstić information content (AvgIpc) is 2.39. The second-order valence-electron chi connectivity index (χ2n) is 6.15. The Morgan fingerprint density at radius 1 is 1.15 bits per heavy atom. The van der Waals surface area contributed by atoms with Gasteiger partial charge in [-0.3, -0.25) is 4.90 Å². The van der Waals surface area contributed by atoms with E-state index in [9.17, 15) is 4.39 Å². The van der Waals surface area contributed by atoms with Crippen molar-refractivity contribution in [2.75, 3.05) is 37.6 Å². The summed E-state index contributed by atoms with van der Waals surface area (Å²) in [6, 6.07) is 5.06. The van der Waals surface area contributed by atoms with E-state index in [1.165, 1.54) is 6.07 Å². The lowest BCUT2D eigenvalue weighted by molar-refractivity contribution is 0.230. The molecule has 0 spiro atoms. The van der Waals surface area contributed by atoms with Crippen LogP contribution >= 0.6 is 0 Å². The molecule has 1 saturated heterocycles. The normalized spacial score (nSPS) is 18.6. The molecule has 2 rings (SSSR count). The molecular formula is C16H26FN3. The lowest BCUT2D eigenvalue weighted by Crippen LogP contribution is -2.48. The standard InChI is InChI=1S/C16H26FN3/c1-12(2)11-19-7-9-20(10-8-19)16-14(13(3)18)5-4-6-15(16)17/h4-6,12-13H,7-11,18H2,1-3H3. The summed E-state index contributed by atoms with van der Waals surface area (Å²) in [5, 5.41) is 0. The van der Waals surface area contributed by atoms with E-state index in [0.717, 1.165) is 38.3 Å². The second-order valence-corrected chi connectivity index (χ2v) is 6.15. The van der Waals surface area contributed by atoms with E-state index in [0.29, 0.717) is 11.6 Å². The van der Waals surface area contributed by atoms with E-state index in [1.54, 1.807) is 6.07 Å². The lowest BCUT2D eigenvalue weighted by Gasteiger charge is -2.38. The molecule has 4 heteroatoms. The van der Waals surface area contributed by atoms with Gasteiger partial charge in [0, 0.05) is 38.8 Å². The highest BCUT2D eigenvalue weighted by atomic mass is 19.1. The van der Waals surface area contributed by atoms with Crippen LogP contribution in [0.15, 0.2) is 18.2 Å². The SMILES string of the molecule is CC(C)CN1CCN(c2c(F)cccc2C(C)N)CC1. The van der Waals surface area contributed by atoms with Crippen LogP contribution in [0.5, 0.6) is 0 Å². The topological polar surface area (TPSA) is 32.5 Å². The van der Waals surface area contributed by atoms with Crippen LogP contribution in [0.25, 0.3) is 0 Å². The van der Waals surface area contributed by atoms with Gasteiger partial charge in [-0.05, 0) is 24.5 Å². The van der Waals surface area contributed by atoms with Crippen LogP contribution in [0.1, 0.15) is 32.4 Å². The van der Waals surface area contributed by atoms with Crippen molar-refractivity contribution in [3.05, 3.63) is 29.6 Å². The molecule has 0 bridgehead atoms. The quantitative estimate of drug-likeness (QED) is 0.919. The van der Waals surface area contributed by atoms with E-state index in [2.05, 4.69) is 23.6 Å². The first-order valence-electron chi connectivity index (χ1n) is 7.50. The molecule has 0 radical (unpaired) electrons. The summed E-state index contributed by atoms with van der Waals surface area (Å²) in [6.45, 7) is 11.2. The molecule has 0 saturated carbocycles. The van der Waals surface area contributed by atoms with Crippen molar-refractivity contribution < 1.29 is 4.39 Å². The van der Waals surface area contributed by atoms with Gasteiger partial charge in [-0.2, -0.15) is 0 Å². The Labute approximate surface area is 121 Å². The van der Waals surface area contributed by atoms with Crippen LogP contribution in [-0.4, -0.2) is 37.6 Å². The molecule has 0 amide bonds. The molecule has 0 aromatic heterocycles. The maximum absolute atomic E-state index is 14.2. The zero-order valence-corrected chi connectivity index (χ0v) is 12.8. The van der Waals surface area contributed by atoms with Gasteiger partial charge >= 0.3 is 0 Å². The molecule has 1 atom stereocenters. The number of benzene rings is 1. The Hall–Kier alpha value is -1.13. The van der Waals surface area contributed by atoms with Crippen molar-refractivity contribution >= 4 is 5.69 Å². The second kappa shape index (κ2) is 6.55. The first-order chi connectivity index (χ1) is 9.49. The van der Waals surface area contributed by atoms with Crippen LogP contribution in [-0.2, 0) is 0 Å². The number of piperazine rings is 1. The number of anilines is 1. The fraction of sp³-hybridized carbons (Fsp3) is 0.625. The summed E-state index contributed by atoms with van der Waals surface area (Å²) in [4.78, 5) is 4.60. The molecule has 1 unspecified atom stereocenters. The van der Waals surface area contributed by atoms with E-state index in [1.807, 2.05) is 13.0 Å². The number of halogens is 1. The maximum Gasteiger partial charge on any atom is 0.146 e. The van der Waals surface area contributed by atoms with E-state index < -0.39 is 0 Å². The van der Waals surface area contributed by atoms with Crippen LogP contribution in [0.2, 0.25) is 0 Å². The van der Waals surface area contributed by atoms with Crippen molar-refractivity contribution in [3.8, 4) is 0 Å². The first-order valence-corrected chi connectivity index (χ1v) is 7.50. The summed E-state index contributed by atoms with van der Waals surface area (Å²) < 4.78 is 14.2. The van der Waals surface area contributed by atoms with Crippen molar-refractivity contribution in [3.63, 3.8) is 0 Å². The molecule has 3 nitrogen and oxygen atoms in total. The molecule has 1 fully saturated rings. The van der Waals surface area contributed by atoms with Gasteiger partial charge in [0.25, 0.3) is 0 Å². The van der Waals surface area contributed by atoms with Crippen LogP contribution in [0, 0.1) is 11.7 Å². The summed E-state index contributed by atoms with van der Waals surface area (Å²) in [7, 11) is 0. The zero-order valence-electron chi connectivity index (χ0n) is 12.8. The Morgan fingerprint density at radius 2 is 1.80 bits per heavy atom. The minimum Gasteiger partial charge on any atom is -0.366 e. The third-order valence-electron chi connectivity index (χ3n) is 3.82. The van der Waals surface area contributed by atoms with Crippen LogP contribution in [0.3, 0.4) is 0 Å². The van der Waals surface area contributed by atoms with E-state index in [-0.39, 0.29) is 11.9 Å². The van der Waals surface area contributed by atoms with Gasteiger partial charge < -0.3 is 10.6 Å². The Balaban J connectivity index is 2.11. The fourth-order valence-corrected chi connectivity index (χ4v) is 2.90. The minimum atomic E-state index is -0.155. The molecule has 20 heavy (non-hydrogen) atoms. The lowest BCUT2D eigenvalue weighted by atomic mass is 10.0. The largest absolute Gasteiger partial charge is 0.366 e. The van der Waals surface area contributed by atoms with Crippen molar-refractivity contribution in [2.24, 2.45) is 11.7 Å². The van der Waals surface area contributed by atoms with E-state index >= 15 is 0 Å². The molecule has 1 heterocycles. The third-order valence-corrected chi connectivity index (χ3v) is 3.82. The molecule has 1 aromatic carbocycles. The Kier molecular flexibility index (Phi) is 5.00. The Morgan fingerprint density at radius 3 is 2.35 bits per heavy atom. The summed E-state index contributed by atoms with van der Waals surface area (Å²) in [5.41, 5.74) is 7.59. The highest BCUT2D eigenvalue weighted by molar-refractivity contribution is 5.56. The monoisotopic (exact) mass is 279 g/mol. The summed E-state index contributed by atoms with van der Waals surface area (Å²) in [6.07, 6.45) is 0. The first kappa shape index (κ1) is 15.3. The van der Waals surface area contributed by atoms with Crippen LogP contribution in [0.4, 0.5) is 10.1 Å². The summed E-state index contributed by atoms with van der Waals surface area (Å²) >= 11 is 0. The molecular weight excluding hydrogens is 253 g/mol. The van der Waals surface area contributed by atoms with Gasteiger partial charge in [0.1, 0.15) is 5.82 Å². The predicted molar refractivity (Wildman–Crippen MR) is 82.5 cm³/mol. The molecule has 1 aliphatic heterocycles. The van der Waals surface area contributed by atoms with Gasteiger partial charge in [-0.15, -0.1) is 0 Å². The number of nitrogens with zero attached hydrogens (tertiary/aromatic N) is 2. The van der Waals surface area contributed by atoms with Gasteiger partial charge in [-0.1, -0.05) is 26.0 Å². The Bertz CT molecular complexity index is 437. The molecule has 2 N–H and O–H groups in total. The molecule has 1 aliphatic rings. The van der Waals surface area contributed by atoms with Crippen molar-refractivity contribution in [1.82, 2.24) is 4.90 Å². The van der Waals surface area contributed by atoms with Gasteiger partial charge in [-0.25, -0.2) is 4.39 Å². The van der Waals surface area contributed by atoms with Gasteiger partial charge in [0.05, 0.1) is 5.69 Å². The number of para-hydroxylation sites is 1. The highest BCUT2D eigenvalue weighted by Crippen LogP contribution is 2.29. The van der Waals surface area contributed by atoms with E-state index in [4.69, 9.17) is 5.73 Å². The smallest absolute Gasteiger partial charge is 0.146 e. The highest BCUT2D eigenvalue weighted by Gasteiger charge is 2.23. The maximum atomic E-state index is 14.2. The minimum absolute atomic E-state index is 0.144. The van der Waals surface area contributed by atoms with Crippen LogP contribution < -0.4 is 10.6 Å². The molecule has 0 aliphatic carbocycles. The van der Waals surface area contributed by atoms with Crippen molar-refractivity contribution in [1.29, 1.82) is 0 Å². The number of rotatable bonds is 4. The average molecular weight is 279 g/mol. The zero-order chi connectivity index (χ0) is 14.7. The number of hydrogen-bond acceptors (Lipinski definition) is 3. The van der Waals surface area contributed by atoms with Crippen molar-refractivity contribution in [2.45, 2.75) is 26.8 Å². The third kappa shape index (κ3) is 3.49. The predicted octanol–water partition coefficient (Wildman–Crippen LogP) is 2.62. The number of nitrogens with two attached hydrogens (primary N) is 1. The summed E-state index contributed by atoms with van der Waals surface area (Å²) in [5.74, 6) is 0.520.